The zero-order valence-corrected chi connectivity index (χ0v) is 14.2. The minimum absolute atomic E-state index is 0.0598. The van der Waals surface area contributed by atoms with Crippen molar-refractivity contribution in [1.82, 2.24) is 14.7 Å². The summed E-state index contributed by atoms with van der Waals surface area (Å²) in [7, 11) is 1.65. The van der Waals surface area contributed by atoms with Gasteiger partial charge in [-0.3, -0.25) is 5.32 Å². The summed E-state index contributed by atoms with van der Waals surface area (Å²) in [6.07, 6.45) is 0. The van der Waals surface area contributed by atoms with Crippen molar-refractivity contribution < 1.29 is 9.90 Å². The second-order valence-electron chi connectivity index (χ2n) is 7.32. The van der Waals surface area contributed by atoms with Crippen LogP contribution in [0.5, 0.6) is 0 Å². The van der Waals surface area contributed by atoms with Gasteiger partial charge < -0.3 is 10.0 Å². The molecule has 6 heteroatoms. The Morgan fingerprint density at radius 1 is 1.33 bits per heavy atom. The predicted octanol–water partition coefficient (Wildman–Crippen LogP) is 2.39. The molecular weight excluding hydrogens is 268 g/mol. The van der Waals surface area contributed by atoms with Crippen LogP contribution in [0.25, 0.3) is 0 Å². The summed E-state index contributed by atoms with van der Waals surface area (Å²) in [6.45, 7) is 12.6. The number of anilines is 1. The van der Waals surface area contributed by atoms with E-state index in [1.807, 2.05) is 31.5 Å². The Bertz CT molecular complexity index is 495. The number of aromatic nitrogens is 2. The smallest absolute Gasteiger partial charge is 0.322 e. The maximum Gasteiger partial charge on any atom is 0.322 e. The molecule has 1 aromatic heterocycles. The molecule has 0 saturated heterocycles. The van der Waals surface area contributed by atoms with Gasteiger partial charge in [-0.05, 0) is 20.8 Å². The lowest BCUT2D eigenvalue weighted by atomic mass is 9.92. The molecule has 6 nitrogen and oxygen atoms in total. The molecule has 1 rings (SSSR count). The second kappa shape index (κ2) is 6.05. The number of nitrogens with one attached hydrogen (secondary N) is 1. The Hall–Kier alpha value is -1.56. The molecule has 0 saturated carbocycles. The minimum Gasteiger partial charge on any atom is -0.395 e. The Balaban J connectivity index is 3.11. The van der Waals surface area contributed by atoms with E-state index in [2.05, 4.69) is 31.2 Å². The number of carbonyl (C=O) groups is 1. The topological polar surface area (TPSA) is 70.4 Å². The first kappa shape index (κ1) is 17.5. The minimum atomic E-state index is -0.255. The van der Waals surface area contributed by atoms with E-state index >= 15 is 0 Å². The van der Waals surface area contributed by atoms with Crippen molar-refractivity contribution >= 4 is 11.8 Å². The van der Waals surface area contributed by atoms with Crippen LogP contribution in [0.1, 0.15) is 47.2 Å². The van der Waals surface area contributed by atoms with E-state index in [0.29, 0.717) is 12.4 Å². The highest BCUT2D eigenvalue weighted by atomic mass is 16.3. The predicted molar refractivity (Wildman–Crippen MR) is 84.7 cm³/mol. The van der Waals surface area contributed by atoms with E-state index in [1.165, 1.54) is 4.90 Å². The third-order valence-electron chi connectivity index (χ3n) is 3.13. The SMILES string of the molecule is CN(CCO)C(=O)Nc1cc(C(C)(C)C)nn1C(C)(C)C. The second-order valence-corrected chi connectivity index (χ2v) is 7.32. The number of hydrogen-bond acceptors (Lipinski definition) is 3. The van der Waals surface area contributed by atoms with E-state index < -0.39 is 0 Å². The average molecular weight is 296 g/mol. The van der Waals surface area contributed by atoms with Crippen LogP contribution < -0.4 is 5.32 Å². The molecule has 0 bridgehead atoms. The third kappa shape index (κ3) is 4.46. The molecule has 0 aliphatic rings. The van der Waals surface area contributed by atoms with Crippen LogP contribution in [-0.4, -0.2) is 46.0 Å². The van der Waals surface area contributed by atoms with Crippen LogP contribution in [0.15, 0.2) is 6.07 Å². The van der Waals surface area contributed by atoms with Gasteiger partial charge in [0, 0.05) is 25.1 Å². The van der Waals surface area contributed by atoms with E-state index in [0.717, 1.165) is 5.69 Å². The monoisotopic (exact) mass is 296 g/mol. The lowest BCUT2D eigenvalue weighted by molar-refractivity contribution is 0.201. The fourth-order valence-electron chi connectivity index (χ4n) is 1.80. The van der Waals surface area contributed by atoms with Crippen molar-refractivity contribution in [2.24, 2.45) is 0 Å². The molecule has 0 spiro atoms. The quantitative estimate of drug-likeness (QED) is 0.899. The van der Waals surface area contributed by atoms with Crippen LogP contribution in [0.4, 0.5) is 10.6 Å². The summed E-state index contributed by atoms with van der Waals surface area (Å²) in [5, 5.41) is 16.4. The maximum atomic E-state index is 12.1. The number of nitrogens with zero attached hydrogens (tertiary/aromatic N) is 3. The highest BCUT2D eigenvalue weighted by molar-refractivity contribution is 5.88. The van der Waals surface area contributed by atoms with Crippen molar-refractivity contribution in [3.8, 4) is 0 Å². The van der Waals surface area contributed by atoms with Crippen LogP contribution >= 0.6 is 0 Å². The summed E-state index contributed by atoms with van der Waals surface area (Å²) < 4.78 is 1.83. The summed E-state index contributed by atoms with van der Waals surface area (Å²) in [6, 6.07) is 1.66. The summed E-state index contributed by atoms with van der Waals surface area (Å²) in [5.74, 6) is 0.669. The lowest BCUT2D eigenvalue weighted by Crippen LogP contribution is -2.35. The first-order valence-electron chi connectivity index (χ1n) is 7.21. The molecule has 2 amide bonds. The van der Waals surface area contributed by atoms with Gasteiger partial charge >= 0.3 is 6.03 Å². The van der Waals surface area contributed by atoms with Gasteiger partial charge in [0.15, 0.2) is 0 Å². The summed E-state index contributed by atoms with van der Waals surface area (Å²) in [4.78, 5) is 13.5. The van der Waals surface area contributed by atoms with Gasteiger partial charge in [0.05, 0.1) is 17.8 Å². The Morgan fingerprint density at radius 3 is 2.33 bits per heavy atom. The molecule has 1 aromatic rings. The number of rotatable bonds is 3. The highest BCUT2D eigenvalue weighted by Crippen LogP contribution is 2.28. The fourth-order valence-corrected chi connectivity index (χ4v) is 1.80. The van der Waals surface area contributed by atoms with Crippen LogP contribution in [0, 0.1) is 0 Å². The molecule has 0 aliphatic heterocycles. The van der Waals surface area contributed by atoms with Crippen molar-refractivity contribution in [3.05, 3.63) is 11.8 Å². The number of aliphatic hydroxyl groups is 1. The molecule has 0 atom stereocenters. The Kier molecular flexibility index (Phi) is 5.04. The molecule has 1 heterocycles. The van der Waals surface area contributed by atoms with E-state index in [9.17, 15) is 4.79 Å². The number of likely N-dealkylation sites (N-methyl/N-ethyl adjacent to an activating group) is 1. The van der Waals surface area contributed by atoms with Gasteiger partial charge in [0.2, 0.25) is 0 Å². The number of urea groups is 1. The summed E-state index contributed by atoms with van der Waals surface area (Å²) in [5.41, 5.74) is 0.604. The standard InChI is InChI=1S/C15H28N4O2/c1-14(2,3)11-10-12(19(17-11)15(4,5)6)16-13(21)18(7)8-9-20/h10,20H,8-9H2,1-7H3,(H,16,21). The molecule has 0 unspecified atom stereocenters. The number of hydrogen-bond donors (Lipinski definition) is 2. The first-order valence-corrected chi connectivity index (χ1v) is 7.21. The first-order chi connectivity index (χ1) is 9.46. The van der Waals surface area contributed by atoms with Crippen LogP contribution in [-0.2, 0) is 11.0 Å². The Morgan fingerprint density at radius 2 is 1.90 bits per heavy atom. The van der Waals surface area contributed by atoms with Gasteiger partial charge in [0.1, 0.15) is 5.82 Å². The molecular formula is C15H28N4O2. The van der Waals surface area contributed by atoms with Gasteiger partial charge in [-0.25, -0.2) is 9.48 Å². The molecule has 0 radical (unpaired) electrons. The van der Waals surface area contributed by atoms with E-state index in [1.54, 1.807) is 7.05 Å². The van der Waals surface area contributed by atoms with Crippen LogP contribution in [0.3, 0.4) is 0 Å². The molecule has 2 N–H and O–H groups in total. The van der Waals surface area contributed by atoms with Gasteiger partial charge in [-0.2, -0.15) is 5.10 Å². The van der Waals surface area contributed by atoms with E-state index in [4.69, 9.17) is 5.11 Å². The number of carbonyl (C=O) groups excluding carboxylic acids is 1. The lowest BCUT2D eigenvalue weighted by Gasteiger charge is -2.24. The number of aliphatic hydroxyl groups excluding tert-OH is 1. The summed E-state index contributed by atoms with van der Waals surface area (Å²) >= 11 is 0. The molecule has 120 valence electrons. The zero-order chi connectivity index (χ0) is 16.4. The fraction of sp³-hybridized carbons (Fsp3) is 0.733. The van der Waals surface area contributed by atoms with Crippen molar-refractivity contribution in [2.45, 2.75) is 52.5 Å². The zero-order valence-electron chi connectivity index (χ0n) is 14.2. The Labute approximate surface area is 127 Å². The van der Waals surface area contributed by atoms with Gasteiger partial charge in [-0.1, -0.05) is 20.8 Å². The van der Waals surface area contributed by atoms with Crippen LogP contribution in [0.2, 0.25) is 0 Å². The highest BCUT2D eigenvalue weighted by Gasteiger charge is 2.26. The third-order valence-corrected chi connectivity index (χ3v) is 3.13. The molecule has 21 heavy (non-hydrogen) atoms. The van der Waals surface area contributed by atoms with Gasteiger partial charge in [0.25, 0.3) is 0 Å². The van der Waals surface area contributed by atoms with Gasteiger partial charge in [-0.15, -0.1) is 0 Å². The maximum absolute atomic E-state index is 12.1. The molecule has 0 aromatic carbocycles. The largest absolute Gasteiger partial charge is 0.395 e. The van der Waals surface area contributed by atoms with Crippen molar-refractivity contribution in [2.75, 3.05) is 25.5 Å². The van der Waals surface area contributed by atoms with Crippen molar-refractivity contribution in [1.29, 1.82) is 0 Å². The molecule has 0 fully saturated rings. The normalized spacial score (nSPS) is 12.4. The molecule has 0 aliphatic carbocycles. The van der Waals surface area contributed by atoms with E-state index in [-0.39, 0.29) is 23.6 Å². The average Bonchev–Trinajstić information content (AvgIpc) is 2.72. The van der Waals surface area contributed by atoms with Crippen molar-refractivity contribution in [3.63, 3.8) is 0 Å². The number of amides is 2.